The lowest BCUT2D eigenvalue weighted by atomic mass is 10.2. The van der Waals surface area contributed by atoms with Crippen molar-refractivity contribution in [2.24, 2.45) is 0 Å². The molecular weight excluding hydrogens is 256 g/mol. The number of pyridine rings is 1. The molecule has 2 rings (SSSR count). The monoisotopic (exact) mass is 268 g/mol. The van der Waals surface area contributed by atoms with Crippen molar-refractivity contribution in [3.63, 3.8) is 0 Å². The molecule has 0 aliphatic rings. The van der Waals surface area contributed by atoms with E-state index < -0.39 is 5.97 Å². The molecule has 20 heavy (non-hydrogen) atoms. The number of hydrogen-bond acceptors (Lipinski definition) is 3. The number of carboxylic acid groups (broad SMARTS) is 1. The van der Waals surface area contributed by atoms with Crippen LogP contribution >= 0.6 is 0 Å². The highest BCUT2D eigenvalue weighted by Crippen LogP contribution is 2.10. The van der Waals surface area contributed by atoms with Crippen molar-refractivity contribution in [1.29, 1.82) is 0 Å². The Morgan fingerprint density at radius 3 is 2.60 bits per heavy atom. The SMILES string of the molecule is O=C(O)/C=C/c1ccnc(NC(=O)c2ccccc2)c1. The van der Waals surface area contributed by atoms with Crippen LogP contribution < -0.4 is 5.32 Å². The van der Waals surface area contributed by atoms with Crippen LogP contribution in [0.4, 0.5) is 5.82 Å². The van der Waals surface area contributed by atoms with Gasteiger partial charge in [0.1, 0.15) is 5.82 Å². The minimum absolute atomic E-state index is 0.266. The Morgan fingerprint density at radius 2 is 1.90 bits per heavy atom. The van der Waals surface area contributed by atoms with Gasteiger partial charge in [0.25, 0.3) is 5.91 Å². The molecule has 5 nitrogen and oxygen atoms in total. The second-order valence-electron chi connectivity index (χ2n) is 3.97. The molecule has 0 fully saturated rings. The van der Waals surface area contributed by atoms with E-state index in [4.69, 9.17) is 5.11 Å². The fraction of sp³-hybridized carbons (Fsp3) is 0. The summed E-state index contributed by atoms with van der Waals surface area (Å²) in [6.45, 7) is 0. The van der Waals surface area contributed by atoms with E-state index in [1.165, 1.54) is 12.3 Å². The molecule has 0 saturated heterocycles. The molecule has 100 valence electrons. The van der Waals surface area contributed by atoms with E-state index in [0.29, 0.717) is 16.9 Å². The number of aromatic nitrogens is 1. The number of carboxylic acids is 1. The van der Waals surface area contributed by atoms with Gasteiger partial charge in [0.15, 0.2) is 0 Å². The van der Waals surface area contributed by atoms with Gasteiger partial charge in [-0.1, -0.05) is 18.2 Å². The van der Waals surface area contributed by atoms with Gasteiger partial charge in [-0.2, -0.15) is 0 Å². The summed E-state index contributed by atoms with van der Waals surface area (Å²) in [5.74, 6) is -0.930. The number of rotatable bonds is 4. The molecule has 1 aromatic carbocycles. The molecule has 2 N–H and O–H groups in total. The fourth-order valence-corrected chi connectivity index (χ4v) is 1.56. The van der Waals surface area contributed by atoms with Crippen molar-refractivity contribution in [2.45, 2.75) is 0 Å². The zero-order valence-corrected chi connectivity index (χ0v) is 10.5. The zero-order chi connectivity index (χ0) is 14.4. The summed E-state index contributed by atoms with van der Waals surface area (Å²) in [6, 6.07) is 12.0. The maximum atomic E-state index is 11.9. The zero-order valence-electron chi connectivity index (χ0n) is 10.5. The number of carbonyl (C=O) groups excluding carboxylic acids is 1. The summed E-state index contributed by atoms with van der Waals surface area (Å²) in [5, 5.41) is 11.2. The topological polar surface area (TPSA) is 79.3 Å². The summed E-state index contributed by atoms with van der Waals surface area (Å²) < 4.78 is 0. The van der Waals surface area contributed by atoms with E-state index in [2.05, 4.69) is 10.3 Å². The summed E-state index contributed by atoms with van der Waals surface area (Å²) >= 11 is 0. The number of carbonyl (C=O) groups is 2. The lowest BCUT2D eigenvalue weighted by Crippen LogP contribution is -2.12. The highest BCUT2D eigenvalue weighted by Gasteiger charge is 2.05. The van der Waals surface area contributed by atoms with E-state index in [0.717, 1.165) is 6.08 Å². The molecule has 1 heterocycles. The number of amides is 1. The molecule has 2 aromatic rings. The molecule has 0 aliphatic carbocycles. The standard InChI is InChI=1S/C15H12N2O3/c18-14(19)7-6-11-8-9-16-13(10-11)17-15(20)12-4-2-1-3-5-12/h1-10H,(H,18,19)(H,16,17,20)/b7-6+. The first kappa shape index (κ1) is 13.5. The van der Waals surface area contributed by atoms with Gasteiger partial charge < -0.3 is 10.4 Å². The Labute approximate surface area is 115 Å². The second-order valence-corrected chi connectivity index (χ2v) is 3.97. The predicted molar refractivity (Wildman–Crippen MR) is 75.3 cm³/mol. The van der Waals surface area contributed by atoms with Crippen molar-refractivity contribution >= 4 is 23.8 Å². The maximum absolute atomic E-state index is 11.9. The van der Waals surface area contributed by atoms with Crippen molar-refractivity contribution in [3.05, 3.63) is 65.9 Å². The van der Waals surface area contributed by atoms with Crippen LogP contribution in [0.2, 0.25) is 0 Å². The molecule has 1 aromatic heterocycles. The van der Waals surface area contributed by atoms with Gasteiger partial charge in [0, 0.05) is 17.8 Å². The van der Waals surface area contributed by atoms with E-state index in [1.54, 1.807) is 36.4 Å². The summed E-state index contributed by atoms with van der Waals surface area (Å²) in [5.41, 5.74) is 1.17. The molecule has 0 unspecified atom stereocenters. The van der Waals surface area contributed by atoms with Crippen molar-refractivity contribution < 1.29 is 14.7 Å². The Kier molecular flexibility index (Phi) is 4.24. The minimum Gasteiger partial charge on any atom is -0.478 e. The van der Waals surface area contributed by atoms with Gasteiger partial charge in [-0.05, 0) is 35.9 Å². The van der Waals surface area contributed by atoms with Crippen molar-refractivity contribution in [3.8, 4) is 0 Å². The molecule has 0 aliphatic heterocycles. The molecule has 1 amide bonds. The number of anilines is 1. The van der Waals surface area contributed by atoms with Gasteiger partial charge in [0.2, 0.25) is 0 Å². The quantitative estimate of drug-likeness (QED) is 0.835. The largest absolute Gasteiger partial charge is 0.478 e. The van der Waals surface area contributed by atoms with E-state index in [1.807, 2.05) is 6.07 Å². The van der Waals surface area contributed by atoms with Crippen molar-refractivity contribution in [2.75, 3.05) is 5.32 Å². The van der Waals surface area contributed by atoms with Crippen LogP contribution in [0.5, 0.6) is 0 Å². The predicted octanol–water partition coefficient (Wildman–Crippen LogP) is 2.43. The Balaban J connectivity index is 2.12. The van der Waals surface area contributed by atoms with Crippen LogP contribution in [0.3, 0.4) is 0 Å². The van der Waals surface area contributed by atoms with Crippen LogP contribution in [0.25, 0.3) is 6.08 Å². The third kappa shape index (κ3) is 3.78. The normalized spacial score (nSPS) is 10.4. The Hall–Kier alpha value is -2.95. The molecule has 0 spiro atoms. The van der Waals surface area contributed by atoms with Gasteiger partial charge in [0.05, 0.1) is 0 Å². The first-order chi connectivity index (χ1) is 9.65. The molecule has 0 saturated carbocycles. The van der Waals surface area contributed by atoms with Crippen LogP contribution in [0, 0.1) is 0 Å². The molecule has 0 radical (unpaired) electrons. The summed E-state index contributed by atoms with van der Waals surface area (Å²) in [7, 11) is 0. The van der Waals surface area contributed by atoms with Crippen LogP contribution in [0.1, 0.15) is 15.9 Å². The first-order valence-corrected chi connectivity index (χ1v) is 5.88. The van der Waals surface area contributed by atoms with Gasteiger partial charge in [-0.3, -0.25) is 4.79 Å². The van der Waals surface area contributed by atoms with E-state index in [-0.39, 0.29) is 5.91 Å². The molecule has 5 heteroatoms. The molecular formula is C15H12N2O3. The number of nitrogens with zero attached hydrogens (tertiary/aromatic N) is 1. The van der Waals surface area contributed by atoms with Crippen LogP contribution in [-0.2, 0) is 4.79 Å². The van der Waals surface area contributed by atoms with E-state index in [9.17, 15) is 9.59 Å². The molecule has 0 bridgehead atoms. The molecule has 0 atom stereocenters. The summed E-state index contributed by atoms with van der Waals surface area (Å²) in [6.07, 6.45) is 3.96. The first-order valence-electron chi connectivity index (χ1n) is 5.88. The summed E-state index contributed by atoms with van der Waals surface area (Å²) in [4.78, 5) is 26.4. The lowest BCUT2D eigenvalue weighted by molar-refractivity contribution is -0.131. The smallest absolute Gasteiger partial charge is 0.328 e. The number of benzene rings is 1. The Bertz CT molecular complexity index is 651. The van der Waals surface area contributed by atoms with Crippen LogP contribution in [-0.4, -0.2) is 22.0 Å². The third-order valence-corrected chi connectivity index (χ3v) is 2.48. The average molecular weight is 268 g/mol. The van der Waals surface area contributed by atoms with Gasteiger partial charge in [-0.25, -0.2) is 9.78 Å². The van der Waals surface area contributed by atoms with E-state index >= 15 is 0 Å². The highest BCUT2D eigenvalue weighted by atomic mass is 16.4. The van der Waals surface area contributed by atoms with Gasteiger partial charge in [-0.15, -0.1) is 0 Å². The Morgan fingerprint density at radius 1 is 1.15 bits per heavy atom. The van der Waals surface area contributed by atoms with Crippen LogP contribution in [0.15, 0.2) is 54.7 Å². The van der Waals surface area contributed by atoms with Crippen molar-refractivity contribution in [1.82, 2.24) is 4.98 Å². The number of aliphatic carboxylic acids is 1. The lowest BCUT2D eigenvalue weighted by Gasteiger charge is -2.04. The third-order valence-electron chi connectivity index (χ3n) is 2.48. The highest BCUT2D eigenvalue weighted by molar-refractivity contribution is 6.03. The average Bonchev–Trinajstić information content (AvgIpc) is 2.46. The minimum atomic E-state index is -1.03. The number of nitrogens with one attached hydrogen (secondary N) is 1. The fourth-order valence-electron chi connectivity index (χ4n) is 1.56. The number of hydrogen-bond donors (Lipinski definition) is 2. The van der Waals surface area contributed by atoms with Gasteiger partial charge >= 0.3 is 5.97 Å². The second kappa shape index (κ2) is 6.29. The maximum Gasteiger partial charge on any atom is 0.328 e.